The summed E-state index contributed by atoms with van der Waals surface area (Å²) in [5, 5.41) is 8.23. The number of nitrogens with one attached hydrogen (secondary N) is 3. The fraction of sp³-hybridized carbons (Fsp3) is 0.500. The van der Waals surface area contributed by atoms with Crippen LogP contribution in [0.5, 0.6) is 5.75 Å². The number of hydrogen-bond acceptors (Lipinski definition) is 5. The van der Waals surface area contributed by atoms with Gasteiger partial charge < -0.3 is 25.5 Å². The van der Waals surface area contributed by atoms with Crippen LogP contribution in [0.1, 0.15) is 67.0 Å². The number of amides is 3. The molecule has 0 bridgehead atoms. The van der Waals surface area contributed by atoms with Gasteiger partial charge in [0.25, 0.3) is 5.91 Å². The number of benzene rings is 1. The monoisotopic (exact) mass is 501 g/mol. The molecular formula is C28H43N3O5. The number of unbranched alkanes of at least 4 members (excludes halogenated alkanes) is 2. The lowest BCUT2D eigenvalue weighted by molar-refractivity contribution is -0.130. The molecule has 0 heterocycles. The maximum absolute atomic E-state index is 13.2. The molecule has 36 heavy (non-hydrogen) atoms. The average Bonchev–Trinajstić information content (AvgIpc) is 3.66. The highest BCUT2D eigenvalue weighted by Gasteiger charge is 2.36. The lowest BCUT2D eigenvalue weighted by Gasteiger charge is -2.23. The Morgan fingerprint density at radius 3 is 2.64 bits per heavy atom. The van der Waals surface area contributed by atoms with E-state index in [0.717, 1.165) is 37.5 Å². The van der Waals surface area contributed by atoms with E-state index in [9.17, 15) is 19.2 Å². The van der Waals surface area contributed by atoms with E-state index in [-0.39, 0.29) is 4.28 Å². The molecule has 0 radical (unpaired) electrons. The van der Waals surface area contributed by atoms with Crippen molar-refractivity contribution >= 4 is 24.0 Å². The zero-order valence-electron chi connectivity index (χ0n) is 21.3. The second kappa shape index (κ2) is 13.0. The van der Waals surface area contributed by atoms with E-state index in [1.807, 2.05) is 6.08 Å². The molecule has 8 nitrogen and oxygen atoms in total. The van der Waals surface area contributed by atoms with E-state index in [1.54, 1.807) is 31.2 Å². The van der Waals surface area contributed by atoms with Gasteiger partial charge in [-0.1, -0.05) is 50.5 Å². The average molecular weight is 502 g/mol. The Hall–Kier alpha value is -3.42. The summed E-state index contributed by atoms with van der Waals surface area (Å²) in [4.78, 5) is 50.2. The summed E-state index contributed by atoms with van der Waals surface area (Å²) < 4.78 is 5.20. The van der Waals surface area contributed by atoms with Crippen molar-refractivity contribution in [1.29, 1.82) is 0 Å². The van der Waals surface area contributed by atoms with Crippen LogP contribution >= 0.6 is 0 Å². The van der Waals surface area contributed by atoms with Gasteiger partial charge in [0.1, 0.15) is 24.1 Å². The smallest absolute Gasteiger partial charge is 0.252 e. The third kappa shape index (κ3) is 7.80. The Morgan fingerprint density at radius 2 is 1.94 bits per heavy atom. The van der Waals surface area contributed by atoms with Gasteiger partial charge in [-0.3, -0.25) is 14.4 Å². The van der Waals surface area contributed by atoms with Crippen molar-refractivity contribution in [2.75, 3.05) is 7.11 Å². The van der Waals surface area contributed by atoms with Gasteiger partial charge in [0.05, 0.1) is 13.2 Å². The van der Waals surface area contributed by atoms with Crippen LogP contribution in [0, 0.1) is 11.8 Å². The third-order valence-corrected chi connectivity index (χ3v) is 6.63. The first-order valence-electron chi connectivity index (χ1n) is 12.7. The summed E-state index contributed by atoms with van der Waals surface area (Å²) in [6.45, 7) is 3.63. The molecule has 5 atom stereocenters. The molecule has 1 aromatic rings. The number of methoxy groups -OCH3 is 1. The van der Waals surface area contributed by atoms with Crippen molar-refractivity contribution in [3.05, 3.63) is 53.6 Å². The van der Waals surface area contributed by atoms with Gasteiger partial charge >= 0.3 is 0 Å². The van der Waals surface area contributed by atoms with Crippen molar-refractivity contribution < 1.29 is 28.2 Å². The topological polar surface area (TPSA) is 114 Å². The molecular weight excluding hydrogens is 458 g/mol. The number of aldehydes is 1. The first-order valence-corrected chi connectivity index (χ1v) is 12.7. The number of hydrogen-bond donors (Lipinski definition) is 3. The van der Waals surface area contributed by atoms with Crippen LogP contribution in [-0.2, 0) is 14.4 Å². The number of fused-ring (bicyclic) bond motifs is 1. The maximum Gasteiger partial charge on any atom is 0.252 e. The van der Waals surface area contributed by atoms with Crippen LogP contribution in [0.3, 0.4) is 0 Å². The number of rotatable bonds is 14. The van der Waals surface area contributed by atoms with E-state index in [2.05, 4.69) is 35.0 Å². The minimum Gasteiger partial charge on any atom is -0.497 e. The van der Waals surface area contributed by atoms with Gasteiger partial charge in [-0.05, 0) is 55.4 Å². The van der Waals surface area contributed by atoms with E-state index in [1.165, 1.54) is 7.11 Å². The zero-order chi connectivity index (χ0) is 26.1. The molecule has 3 rings (SSSR count). The van der Waals surface area contributed by atoms with Gasteiger partial charge in [-0.15, -0.1) is 0 Å². The standard InChI is InChI=1S/C28H37N3O5.3H2/c1-4-5-6-9-23(17-32)30-26(33)18(2)29-28(35)25(14-19-11-12-20-15-22(20)13-19)31-27(34)21-8-7-10-24(16-21)36-3;;;/h7-8,10-13,16-18,20,22-23,25H,4-6,9,14-15H2,1-3H3,(H,29,35)(H,30,33)(H,31,34);3*1H/t18-,20?,22?,23?,25-;;;/m0.../s1. The number of allylic oxidation sites excluding steroid dienone is 3. The largest absolute Gasteiger partial charge is 0.497 e. The summed E-state index contributed by atoms with van der Waals surface area (Å²) in [7, 11) is 1.52. The van der Waals surface area contributed by atoms with Crippen molar-refractivity contribution in [2.24, 2.45) is 11.8 Å². The lowest BCUT2D eigenvalue weighted by atomic mass is 9.99. The fourth-order valence-electron chi connectivity index (χ4n) is 4.29. The van der Waals surface area contributed by atoms with E-state index >= 15 is 0 Å². The summed E-state index contributed by atoms with van der Waals surface area (Å²) in [5.74, 6) is 0.310. The van der Waals surface area contributed by atoms with Crippen LogP contribution in [0.25, 0.3) is 0 Å². The molecule has 1 fully saturated rings. The summed E-state index contributed by atoms with van der Waals surface area (Å²) in [6, 6.07) is 4.36. The first-order chi connectivity index (χ1) is 17.3. The molecule has 3 unspecified atom stereocenters. The number of carbonyl (C=O) groups excluding carboxylic acids is 4. The second-order valence-corrected chi connectivity index (χ2v) is 9.60. The third-order valence-electron chi connectivity index (χ3n) is 6.63. The van der Waals surface area contributed by atoms with Crippen molar-refractivity contribution in [3.63, 3.8) is 0 Å². The van der Waals surface area contributed by atoms with Crippen LogP contribution in [0.2, 0.25) is 0 Å². The van der Waals surface area contributed by atoms with Gasteiger partial charge in [-0.2, -0.15) is 0 Å². The lowest BCUT2D eigenvalue weighted by Crippen LogP contribution is -2.54. The Morgan fingerprint density at radius 1 is 1.14 bits per heavy atom. The van der Waals surface area contributed by atoms with E-state index < -0.39 is 35.8 Å². The Bertz CT molecular complexity index is 1030. The van der Waals surface area contributed by atoms with Crippen LogP contribution in [-0.4, -0.2) is 49.2 Å². The Kier molecular flexibility index (Phi) is 9.85. The van der Waals surface area contributed by atoms with Gasteiger partial charge in [0.2, 0.25) is 11.8 Å². The molecule has 1 aromatic carbocycles. The van der Waals surface area contributed by atoms with Crippen molar-refractivity contribution in [3.8, 4) is 5.75 Å². The van der Waals surface area contributed by atoms with Crippen molar-refractivity contribution in [1.82, 2.24) is 16.0 Å². The zero-order valence-corrected chi connectivity index (χ0v) is 21.3. The molecule has 1 saturated carbocycles. The summed E-state index contributed by atoms with van der Waals surface area (Å²) >= 11 is 0. The van der Waals surface area contributed by atoms with Crippen molar-refractivity contribution in [2.45, 2.75) is 70.5 Å². The predicted octanol–water partition coefficient (Wildman–Crippen LogP) is 3.82. The summed E-state index contributed by atoms with van der Waals surface area (Å²) in [5.41, 5.74) is 1.35. The fourth-order valence-corrected chi connectivity index (χ4v) is 4.29. The predicted molar refractivity (Wildman–Crippen MR) is 144 cm³/mol. The summed E-state index contributed by atoms with van der Waals surface area (Å²) in [6.07, 6.45) is 11.9. The highest BCUT2D eigenvalue weighted by Crippen LogP contribution is 2.44. The number of ether oxygens (including phenoxy) is 1. The van der Waals surface area contributed by atoms with Gasteiger partial charge in [-0.25, -0.2) is 0 Å². The molecule has 0 saturated heterocycles. The van der Waals surface area contributed by atoms with Crippen LogP contribution < -0.4 is 20.7 Å². The van der Waals surface area contributed by atoms with Crippen LogP contribution in [0.15, 0.2) is 48.1 Å². The molecule has 0 spiro atoms. The molecule has 0 aromatic heterocycles. The van der Waals surface area contributed by atoms with Gasteiger partial charge in [0, 0.05) is 16.3 Å². The molecule has 2 aliphatic carbocycles. The van der Waals surface area contributed by atoms with Gasteiger partial charge in [0.15, 0.2) is 0 Å². The normalized spacial score (nSPS) is 20.1. The Labute approximate surface area is 217 Å². The molecule has 2 aliphatic rings. The van der Waals surface area contributed by atoms with Crippen LogP contribution in [0.4, 0.5) is 0 Å². The SMILES string of the molecule is CCCCCC(C=O)NC(=O)[C@H](C)NC(=O)[C@H](CC1=CC2CC2C=C1)NC(=O)c1cccc(OC)c1.[HH].[HH].[HH]. The quantitative estimate of drug-likeness (QED) is 0.265. The molecule has 200 valence electrons. The number of carbonyl (C=O) groups is 4. The molecule has 0 aliphatic heterocycles. The molecule has 3 amide bonds. The molecule has 3 N–H and O–H groups in total. The highest BCUT2D eigenvalue weighted by molar-refractivity contribution is 5.98. The van der Waals surface area contributed by atoms with E-state index in [4.69, 9.17) is 4.74 Å². The highest BCUT2D eigenvalue weighted by atomic mass is 16.5. The minimum absolute atomic E-state index is 0. The Balaban J connectivity index is 0.00000481. The maximum atomic E-state index is 13.2. The van der Waals surface area contributed by atoms with E-state index in [0.29, 0.717) is 36.0 Å². The first kappa shape index (κ1) is 27.2. The minimum atomic E-state index is -0.878. The second-order valence-electron chi connectivity index (χ2n) is 9.60. The molecule has 8 heteroatoms.